The standard InChI is InChI=1S/C30H37F3O3/c1-19-26(27(34)23-12-11-22-13-14-25(30(31,32)33)18-24(22)17-23)29(36-28(19)35)15-5-9-21(10-6-16-29)20-7-3-2-4-8-20/h13-14,18,20-21,23H,2-12,15-17H2,1H3. The zero-order chi connectivity index (χ0) is 25.5. The average molecular weight is 503 g/mol. The molecular weight excluding hydrogens is 465 g/mol. The summed E-state index contributed by atoms with van der Waals surface area (Å²) in [7, 11) is 0. The minimum absolute atomic E-state index is 0.0918. The van der Waals surface area contributed by atoms with Crippen molar-refractivity contribution in [1.82, 2.24) is 0 Å². The Balaban J connectivity index is 1.34. The molecule has 0 amide bonds. The van der Waals surface area contributed by atoms with Crippen LogP contribution < -0.4 is 0 Å². The zero-order valence-electron chi connectivity index (χ0n) is 21.2. The highest BCUT2D eigenvalue weighted by atomic mass is 19.4. The monoisotopic (exact) mass is 502 g/mol. The van der Waals surface area contributed by atoms with Crippen LogP contribution in [0.4, 0.5) is 13.2 Å². The van der Waals surface area contributed by atoms with Gasteiger partial charge in [0.05, 0.1) is 5.56 Å². The first-order valence-corrected chi connectivity index (χ1v) is 13.9. The van der Waals surface area contributed by atoms with E-state index in [4.69, 9.17) is 4.74 Å². The summed E-state index contributed by atoms with van der Waals surface area (Å²) in [6.45, 7) is 1.69. The summed E-state index contributed by atoms with van der Waals surface area (Å²) in [4.78, 5) is 26.7. The van der Waals surface area contributed by atoms with Gasteiger partial charge < -0.3 is 4.74 Å². The van der Waals surface area contributed by atoms with E-state index < -0.39 is 29.2 Å². The van der Waals surface area contributed by atoms with Crippen molar-refractivity contribution < 1.29 is 27.5 Å². The van der Waals surface area contributed by atoms with E-state index in [1.54, 1.807) is 13.0 Å². The lowest BCUT2D eigenvalue weighted by Crippen LogP contribution is -2.39. The maximum absolute atomic E-state index is 13.9. The van der Waals surface area contributed by atoms with Crippen LogP contribution in [0.3, 0.4) is 0 Å². The molecule has 1 aromatic rings. The molecule has 1 spiro atoms. The van der Waals surface area contributed by atoms with Gasteiger partial charge in [0.15, 0.2) is 5.78 Å². The van der Waals surface area contributed by atoms with Gasteiger partial charge in [-0.3, -0.25) is 4.79 Å². The number of benzene rings is 1. The molecule has 5 rings (SSSR count). The lowest BCUT2D eigenvalue weighted by Gasteiger charge is -2.38. The molecule has 0 radical (unpaired) electrons. The molecule has 0 aromatic heterocycles. The Hall–Kier alpha value is -2.11. The van der Waals surface area contributed by atoms with Crippen LogP contribution in [0.1, 0.15) is 101 Å². The molecule has 36 heavy (non-hydrogen) atoms. The van der Waals surface area contributed by atoms with Crippen molar-refractivity contribution in [2.45, 2.75) is 109 Å². The molecule has 6 heteroatoms. The molecule has 1 aromatic carbocycles. The molecule has 196 valence electrons. The number of ketones is 1. The molecule has 0 N–H and O–H groups in total. The topological polar surface area (TPSA) is 43.4 Å². The van der Waals surface area contributed by atoms with Crippen LogP contribution in [0.5, 0.6) is 0 Å². The molecule has 1 unspecified atom stereocenters. The van der Waals surface area contributed by atoms with Gasteiger partial charge in [-0.1, -0.05) is 51.0 Å². The summed E-state index contributed by atoms with van der Waals surface area (Å²) in [5, 5.41) is 0. The van der Waals surface area contributed by atoms with E-state index in [1.165, 1.54) is 38.2 Å². The van der Waals surface area contributed by atoms with Crippen LogP contribution in [0.15, 0.2) is 29.3 Å². The number of carbonyl (C=O) groups excluding carboxylic acids is 2. The van der Waals surface area contributed by atoms with Crippen molar-refractivity contribution >= 4 is 11.8 Å². The molecular formula is C30H37F3O3. The fourth-order valence-electron chi connectivity index (χ4n) is 7.52. The number of alkyl halides is 3. The number of hydrogen-bond donors (Lipinski definition) is 0. The highest BCUT2D eigenvalue weighted by Crippen LogP contribution is 2.47. The van der Waals surface area contributed by atoms with E-state index in [-0.39, 0.29) is 12.2 Å². The van der Waals surface area contributed by atoms with Gasteiger partial charge in [-0.25, -0.2) is 4.79 Å². The fraction of sp³-hybridized carbons (Fsp3) is 0.667. The van der Waals surface area contributed by atoms with Crippen LogP contribution in [0, 0.1) is 17.8 Å². The van der Waals surface area contributed by atoms with E-state index in [0.29, 0.717) is 42.4 Å². The summed E-state index contributed by atoms with van der Waals surface area (Å²) >= 11 is 0. The number of esters is 1. The number of halogens is 3. The van der Waals surface area contributed by atoms with E-state index >= 15 is 0 Å². The summed E-state index contributed by atoms with van der Waals surface area (Å²) in [6.07, 6.45) is 9.12. The Bertz CT molecular complexity index is 1040. The Morgan fingerprint density at radius 2 is 1.56 bits per heavy atom. The number of fused-ring (bicyclic) bond motifs is 1. The number of carbonyl (C=O) groups is 2. The van der Waals surface area contributed by atoms with Crippen LogP contribution in [0.2, 0.25) is 0 Å². The number of aryl methyl sites for hydroxylation is 1. The summed E-state index contributed by atoms with van der Waals surface area (Å²) in [5.74, 6) is 0.615. The minimum atomic E-state index is -4.41. The van der Waals surface area contributed by atoms with Gasteiger partial charge in [-0.2, -0.15) is 13.2 Å². The van der Waals surface area contributed by atoms with Gasteiger partial charge in [0.1, 0.15) is 5.60 Å². The third-order valence-electron chi connectivity index (χ3n) is 9.43. The molecule has 1 heterocycles. The lowest BCUT2D eigenvalue weighted by molar-refractivity contribution is -0.149. The first-order valence-electron chi connectivity index (χ1n) is 13.9. The predicted molar refractivity (Wildman–Crippen MR) is 131 cm³/mol. The fourth-order valence-corrected chi connectivity index (χ4v) is 7.52. The molecule has 0 saturated heterocycles. The summed E-state index contributed by atoms with van der Waals surface area (Å²) < 4.78 is 45.8. The van der Waals surface area contributed by atoms with Crippen LogP contribution in [0.25, 0.3) is 0 Å². The second-order valence-corrected chi connectivity index (χ2v) is 11.6. The predicted octanol–water partition coefficient (Wildman–Crippen LogP) is 7.54. The molecule has 2 fully saturated rings. The smallest absolute Gasteiger partial charge is 0.416 e. The Kier molecular flexibility index (Phi) is 7.08. The van der Waals surface area contributed by atoms with Crippen molar-refractivity contribution in [1.29, 1.82) is 0 Å². The van der Waals surface area contributed by atoms with Crippen molar-refractivity contribution in [3.05, 3.63) is 46.0 Å². The Morgan fingerprint density at radius 1 is 0.917 bits per heavy atom. The second-order valence-electron chi connectivity index (χ2n) is 11.6. The van der Waals surface area contributed by atoms with E-state index in [1.807, 2.05) is 0 Å². The van der Waals surface area contributed by atoms with Gasteiger partial charge in [0.25, 0.3) is 0 Å². The molecule has 3 aliphatic carbocycles. The zero-order valence-corrected chi connectivity index (χ0v) is 21.2. The number of hydrogen-bond acceptors (Lipinski definition) is 3. The first kappa shape index (κ1) is 25.5. The number of rotatable bonds is 3. The minimum Gasteiger partial charge on any atom is -0.451 e. The maximum Gasteiger partial charge on any atom is 0.416 e. The van der Waals surface area contributed by atoms with E-state index in [9.17, 15) is 22.8 Å². The largest absolute Gasteiger partial charge is 0.451 e. The van der Waals surface area contributed by atoms with Crippen LogP contribution >= 0.6 is 0 Å². The SMILES string of the molecule is CC1=C(C(=O)C2CCc3ccc(C(F)(F)F)cc3C2)C2(CCCC(C3CCCCC3)CCC2)OC1=O. The Morgan fingerprint density at radius 3 is 2.19 bits per heavy atom. The molecule has 4 aliphatic rings. The van der Waals surface area contributed by atoms with Gasteiger partial charge in [-0.15, -0.1) is 0 Å². The van der Waals surface area contributed by atoms with Crippen LogP contribution in [-0.2, 0) is 33.3 Å². The second kappa shape index (κ2) is 9.98. The molecule has 2 saturated carbocycles. The van der Waals surface area contributed by atoms with Crippen molar-refractivity contribution in [3.8, 4) is 0 Å². The molecule has 0 bridgehead atoms. The quantitative estimate of drug-likeness (QED) is 0.401. The summed E-state index contributed by atoms with van der Waals surface area (Å²) in [6, 6.07) is 3.87. The van der Waals surface area contributed by atoms with Crippen LogP contribution in [-0.4, -0.2) is 17.4 Å². The molecule has 1 aliphatic heterocycles. The van der Waals surface area contributed by atoms with E-state index in [2.05, 4.69) is 0 Å². The Labute approximate surface area is 211 Å². The van der Waals surface area contributed by atoms with Gasteiger partial charge >= 0.3 is 12.1 Å². The number of ether oxygens (including phenoxy) is 1. The third kappa shape index (κ3) is 4.89. The van der Waals surface area contributed by atoms with Crippen molar-refractivity contribution in [3.63, 3.8) is 0 Å². The van der Waals surface area contributed by atoms with Gasteiger partial charge in [0, 0.05) is 17.1 Å². The average Bonchev–Trinajstić information content (AvgIpc) is 3.10. The third-order valence-corrected chi connectivity index (χ3v) is 9.43. The highest BCUT2D eigenvalue weighted by Gasteiger charge is 2.50. The van der Waals surface area contributed by atoms with Crippen molar-refractivity contribution in [2.75, 3.05) is 0 Å². The molecule has 3 nitrogen and oxygen atoms in total. The normalized spacial score (nSPS) is 30.1. The highest BCUT2D eigenvalue weighted by molar-refractivity contribution is 6.09. The molecule has 1 atom stereocenters. The van der Waals surface area contributed by atoms with E-state index in [0.717, 1.165) is 49.1 Å². The maximum atomic E-state index is 13.9. The van der Waals surface area contributed by atoms with Crippen molar-refractivity contribution in [2.24, 2.45) is 17.8 Å². The van der Waals surface area contributed by atoms with Gasteiger partial charge in [-0.05, 0) is 87.0 Å². The lowest BCUT2D eigenvalue weighted by atomic mass is 9.69. The summed E-state index contributed by atoms with van der Waals surface area (Å²) in [5.41, 5.74) is 0.867. The van der Waals surface area contributed by atoms with Gasteiger partial charge in [0.2, 0.25) is 0 Å². The first-order chi connectivity index (χ1) is 17.2. The number of Topliss-reactive ketones (excluding diaryl/α,β-unsaturated/α-hetero) is 1.